The van der Waals surface area contributed by atoms with Crippen LogP contribution in [0.25, 0.3) is 0 Å². The van der Waals surface area contributed by atoms with Gasteiger partial charge in [0.15, 0.2) is 0 Å². The number of benzene rings is 1. The maximum Gasteiger partial charge on any atom is 0.214 e. The van der Waals surface area contributed by atoms with Crippen molar-refractivity contribution in [2.45, 2.75) is 0 Å². The summed E-state index contributed by atoms with van der Waals surface area (Å²) in [5.41, 5.74) is 6.32. The Labute approximate surface area is 112 Å². The standard InChI is InChI=1S/C14H17N3O2/c1-18-14-4-2-3-13(17-14)16-9-10-19-12-7-5-11(15)6-8-12/h2-8H,9-10,15H2,1H3,(H,16,17). The molecule has 0 radical (unpaired) electrons. The molecular weight excluding hydrogens is 242 g/mol. The van der Waals surface area contributed by atoms with Crippen molar-refractivity contribution in [1.29, 1.82) is 0 Å². The van der Waals surface area contributed by atoms with Crippen molar-refractivity contribution in [1.82, 2.24) is 4.98 Å². The molecule has 5 heteroatoms. The molecule has 0 saturated carbocycles. The van der Waals surface area contributed by atoms with Crippen molar-refractivity contribution >= 4 is 11.5 Å². The Morgan fingerprint density at radius 1 is 1.16 bits per heavy atom. The topological polar surface area (TPSA) is 69.4 Å². The van der Waals surface area contributed by atoms with E-state index in [1.165, 1.54) is 0 Å². The molecule has 0 spiro atoms. The highest BCUT2D eigenvalue weighted by Crippen LogP contribution is 2.13. The number of nitrogens with two attached hydrogens (primary N) is 1. The highest BCUT2D eigenvalue weighted by atomic mass is 16.5. The number of hydrogen-bond acceptors (Lipinski definition) is 5. The molecule has 1 heterocycles. The van der Waals surface area contributed by atoms with Gasteiger partial charge < -0.3 is 20.5 Å². The van der Waals surface area contributed by atoms with Crippen LogP contribution in [0.2, 0.25) is 0 Å². The lowest BCUT2D eigenvalue weighted by Gasteiger charge is -2.08. The summed E-state index contributed by atoms with van der Waals surface area (Å²) in [6, 6.07) is 12.9. The van der Waals surface area contributed by atoms with Crippen molar-refractivity contribution in [3.05, 3.63) is 42.5 Å². The maximum atomic E-state index is 5.60. The van der Waals surface area contributed by atoms with Gasteiger partial charge in [-0.2, -0.15) is 4.98 Å². The van der Waals surface area contributed by atoms with Crippen molar-refractivity contribution < 1.29 is 9.47 Å². The molecule has 0 fully saturated rings. The van der Waals surface area contributed by atoms with Crippen LogP contribution in [0, 0.1) is 0 Å². The number of hydrogen-bond donors (Lipinski definition) is 2. The van der Waals surface area contributed by atoms with Gasteiger partial charge in [-0.3, -0.25) is 0 Å². The summed E-state index contributed by atoms with van der Waals surface area (Å²) in [5, 5.41) is 3.16. The van der Waals surface area contributed by atoms with Crippen LogP contribution in [-0.2, 0) is 0 Å². The zero-order valence-corrected chi connectivity index (χ0v) is 10.8. The zero-order chi connectivity index (χ0) is 13.5. The molecular formula is C14H17N3O2. The molecule has 2 rings (SSSR count). The summed E-state index contributed by atoms with van der Waals surface area (Å²) in [4.78, 5) is 4.24. The van der Waals surface area contributed by atoms with E-state index in [1.807, 2.05) is 36.4 Å². The van der Waals surface area contributed by atoms with Gasteiger partial charge >= 0.3 is 0 Å². The van der Waals surface area contributed by atoms with E-state index in [1.54, 1.807) is 13.2 Å². The molecule has 100 valence electrons. The molecule has 1 aromatic heterocycles. The van der Waals surface area contributed by atoms with Crippen LogP contribution in [0.3, 0.4) is 0 Å². The Bertz CT molecular complexity index is 514. The van der Waals surface area contributed by atoms with Crippen LogP contribution in [0.15, 0.2) is 42.5 Å². The molecule has 2 aromatic rings. The van der Waals surface area contributed by atoms with E-state index >= 15 is 0 Å². The third kappa shape index (κ3) is 4.06. The average Bonchev–Trinajstić information content (AvgIpc) is 2.46. The molecule has 0 bridgehead atoms. The number of rotatable bonds is 6. The first-order valence-corrected chi connectivity index (χ1v) is 6.01. The van der Waals surface area contributed by atoms with Gasteiger partial charge in [-0.05, 0) is 30.3 Å². The van der Waals surface area contributed by atoms with Crippen LogP contribution >= 0.6 is 0 Å². The molecule has 0 aliphatic rings. The van der Waals surface area contributed by atoms with E-state index in [2.05, 4.69) is 10.3 Å². The molecule has 3 N–H and O–H groups in total. The van der Waals surface area contributed by atoms with E-state index in [4.69, 9.17) is 15.2 Å². The SMILES string of the molecule is COc1cccc(NCCOc2ccc(N)cc2)n1. The van der Waals surface area contributed by atoms with Gasteiger partial charge in [0.05, 0.1) is 13.7 Å². The fourth-order valence-corrected chi connectivity index (χ4v) is 1.54. The average molecular weight is 259 g/mol. The van der Waals surface area contributed by atoms with Crippen LogP contribution in [-0.4, -0.2) is 25.2 Å². The largest absolute Gasteiger partial charge is 0.492 e. The molecule has 0 unspecified atom stereocenters. The minimum atomic E-state index is 0.544. The van der Waals surface area contributed by atoms with Crippen molar-refractivity contribution in [3.8, 4) is 11.6 Å². The quantitative estimate of drug-likeness (QED) is 0.614. The number of aromatic nitrogens is 1. The Morgan fingerprint density at radius 2 is 1.95 bits per heavy atom. The number of nitrogen functional groups attached to an aromatic ring is 1. The molecule has 0 aliphatic carbocycles. The van der Waals surface area contributed by atoms with Crippen LogP contribution in [0.5, 0.6) is 11.6 Å². The predicted molar refractivity (Wildman–Crippen MR) is 75.6 cm³/mol. The van der Waals surface area contributed by atoms with E-state index in [9.17, 15) is 0 Å². The number of nitrogens with zero attached hydrogens (tertiary/aromatic N) is 1. The second kappa shape index (κ2) is 6.49. The zero-order valence-electron chi connectivity index (χ0n) is 10.8. The second-order valence-corrected chi connectivity index (χ2v) is 3.91. The first-order chi connectivity index (χ1) is 9.28. The van der Waals surface area contributed by atoms with E-state index in [0.29, 0.717) is 19.0 Å². The van der Waals surface area contributed by atoms with Crippen molar-refractivity contribution in [2.75, 3.05) is 31.3 Å². The summed E-state index contributed by atoms with van der Waals surface area (Å²) in [6.07, 6.45) is 0. The smallest absolute Gasteiger partial charge is 0.214 e. The normalized spacial score (nSPS) is 9.95. The van der Waals surface area contributed by atoms with Crippen molar-refractivity contribution in [2.24, 2.45) is 0 Å². The lowest BCUT2D eigenvalue weighted by Crippen LogP contribution is -2.12. The number of pyridine rings is 1. The fourth-order valence-electron chi connectivity index (χ4n) is 1.54. The van der Waals surface area contributed by atoms with Crippen LogP contribution < -0.4 is 20.5 Å². The van der Waals surface area contributed by atoms with Gasteiger partial charge in [0.25, 0.3) is 0 Å². The lowest BCUT2D eigenvalue weighted by molar-refractivity contribution is 0.332. The third-order valence-corrected chi connectivity index (χ3v) is 2.49. The molecule has 5 nitrogen and oxygen atoms in total. The van der Waals surface area contributed by atoms with Crippen molar-refractivity contribution in [3.63, 3.8) is 0 Å². The minimum absolute atomic E-state index is 0.544. The Kier molecular flexibility index (Phi) is 4.44. The molecule has 0 amide bonds. The van der Waals surface area contributed by atoms with Gasteiger partial charge in [-0.15, -0.1) is 0 Å². The first-order valence-electron chi connectivity index (χ1n) is 6.01. The summed E-state index contributed by atoms with van der Waals surface area (Å²) >= 11 is 0. The Balaban J connectivity index is 1.75. The summed E-state index contributed by atoms with van der Waals surface area (Å²) in [6.45, 7) is 1.20. The van der Waals surface area contributed by atoms with E-state index in [-0.39, 0.29) is 0 Å². The van der Waals surface area contributed by atoms with Gasteiger partial charge in [0, 0.05) is 11.8 Å². The fraction of sp³-hybridized carbons (Fsp3) is 0.214. The van der Waals surface area contributed by atoms with Gasteiger partial charge in [-0.25, -0.2) is 0 Å². The number of methoxy groups -OCH3 is 1. The number of ether oxygens (including phenoxy) is 2. The molecule has 0 aliphatic heterocycles. The summed E-state index contributed by atoms with van der Waals surface area (Å²) in [7, 11) is 1.59. The van der Waals surface area contributed by atoms with Gasteiger partial charge in [-0.1, -0.05) is 6.07 Å². The Hall–Kier alpha value is -2.43. The Morgan fingerprint density at radius 3 is 2.68 bits per heavy atom. The molecule has 19 heavy (non-hydrogen) atoms. The second-order valence-electron chi connectivity index (χ2n) is 3.91. The highest BCUT2D eigenvalue weighted by molar-refractivity contribution is 5.41. The molecule has 1 aromatic carbocycles. The van der Waals surface area contributed by atoms with Gasteiger partial charge in [0.2, 0.25) is 5.88 Å². The summed E-state index contributed by atoms with van der Waals surface area (Å²) in [5.74, 6) is 2.15. The minimum Gasteiger partial charge on any atom is -0.492 e. The highest BCUT2D eigenvalue weighted by Gasteiger charge is 1.97. The van der Waals surface area contributed by atoms with Crippen LogP contribution in [0.4, 0.5) is 11.5 Å². The van der Waals surface area contributed by atoms with Crippen LogP contribution in [0.1, 0.15) is 0 Å². The molecule has 0 atom stereocenters. The first kappa shape index (κ1) is 13.0. The monoisotopic (exact) mass is 259 g/mol. The maximum absolute atomic E-state index is 5.60. The summed E-state index contributed by atoms with van der Waals surface area (Å²) < 4.78 is 10.6. The van der Waals surface area contributed by atoms with Gasteiger partial charge in [0.1, 0.15) is 18.2 Å². The molecule has 0 saturated heterocycles. The number of anilines is 2. The lowest BCUT2D eigenvalue weighted by atomic mass is 10.3. The number of nitrogens with one attached hydrogen (secondary N) is 1. The van der Waals surface area contributed by atoms with E-state index < -0.39 is 0 Å². The third-order valence-electron chi connectivity index (χ3n) is 2.49. The predicted octanol–water partition coefficient (Wildman–Crippen LogP) is 2.16. The van der Waals surface area contributed by atoms with E-state index in [0.717, 1.165) is 17.3 Å².